The number of amides is 1. The third kappa shape index (κ3) is 5.60. The largest absolute Gasteiger partial charge is 0.396 e. The first kappa shape index (κ1) is 12.4. The van der Waals surface area contributed by atoms with Gasteiger partial charge in [0.05, 0.1) is 6.04 Å². The van der Waals surface area contributed by atoms with Gasteiger partial charge >= 0.3 is 0 Å². The lowest BCUT2D eigenvalue weighted by Crippen LogP contribution is -2.44. The summed E-state index contributed by atoms with van der Waals surface area (Å²) in [6, 6.07) is -0.411. The normalized spacial score (nSPS) is 15.1. The minimum Gasteiger partial charge on any atom is -0.396 e. The summed E-state index contributed by atoms with van der Waals surface area (Å²) in [5.74, 6) is -0.122. The minimum atomic E-state index is -0.411. The Labute approximate surface area is 79.5 Å². The Morgan fingerprint density at radius 2 is 2.15 bits per heavy atom. The van der Waals surface area contributed by atoms with Crippen LogP contribution in [0.15, 0.2) is 0 Å². The Kier molecular flexibility index (Phi) is 6.54. The van der Waals surface area contributed by atoms with Gasteiger partial charge in [0.25, 0.3) is 0 Å². The monoisotopic (exact) mass is 188 g/mol. The first-order valence-corrected chi connectivity index (χ1v) is 4.78. The number of nitrogens with one attached hydrogen (secondary N) is 1. The zero-order chi connectivity index (χ0) is 10.3. The molecule has 0 aliphatic rings. The first-order valence-electron chi connectivity index (χ1n) is 4.78. The molecule has 0 heterocycles. The highest BCUT2D eigenvalue weighted by Crippen LogP contribution is 1.95. The maximum absolute atomic E-state index is 11.3. The number of aliphatic hydroxyl groups is 1. The van der Waals surface area contributed by atoms with Gasteiger partial charge < -0.3 is 16.2 Å². The summed E-state index contributed by atoms with van der Waals surface area (Å²) >= 11 is 0. The van der Waals surface area contributed by atoms with E-state index in [1.807, 2.05) is 13.8 Å². The molecule has 0 bridgehead atoms. The highest BCUT2D eigenvalue weighted by Gasteiger charge is 2.13. The molecule has 2 unspecified atom stereocenters. The Hall–Kier alpha value is -0.610. The van der Waals surface area contributed by atoms with Crippen molar-refractivity contribution in [2.45, 2.75) is 45.2 Å². The van der Waals surface area contributed by atoms with Gasteiger partial charge in [-0.05, 0) is 19.8 Å². The predicted molar refractivity (Wildman–Crippen MR) is 52.2 cm³/mol. The first-order chi connectivity index (χ1) is 6.11. The third-order valence-electron chi connectivity index (χ3n) is 1.89. The molecule has 4 heteroatoms. The number of aliphatic hydroxyl groups excluding tert-OH is 1. The summed E-state index contributed by atoms with van der Waals surface area (Å²) in [5, 5.41) is 11.4. The van der Waals surface area contributed by atoms with Crippen LogP contribution < -0.4 is 11.1 Å². The van der Waals surface area contributed by atoms with Crippen LogP contribution in [0.2, 0.25) is 0 Å². The van der Waals surface area contributed by atoms with Gasteiger partial charge in [-0.3, -0.25) is 4.79 Å². The predicted octanol–water partition coefficient (Wildman–Crippen LogP) is 0.000900. The minimum absolute atomic E-state index is 0.000376. The molecule has 0 rings (SSSR count). The van der Waals surface area contributed by atoms with E-state index in [0.29, 0.717) is 12.8 Å². The molecule has 0 aliphatic heterocycles. The number of hydrogen-bond acceptors (Lipinski definition) is 3. The van der Waals surface area contributed by atoms with Crippen molar-refractivity contribution in [3.8, 4) is 0 Å². The second-order valence-corrected chi connectivity index (χ2v) is 3.32. The molecule has 0 aromatic carbocycles. The molecule has 4 nitrogen and oxygen atoms in total. The van der Waals surface area contributed by atoms with Crippen LogP contribution in [0.3, 0.4) is 0 Å². The summed E-state index contributed by atoms with van der Waals surface area (Å²) in [6.07, 6.45) is 2.19. The molecular formula is C9H20N2O2. The van der Waals surface area contributed by atoms with E-state index >= 15 is 0 Å². The summed E-state index contributed by atoms with van der Waals surface area (Å²) < 4.78 is 0. The highest BCUT2D eigenvalue weighted by atomic mass is 16.3. The lowest BCUT2D eigenvalue weighted by Gasteiger charge is -2.16. The van der Waals surface area contributed by atoms with E-state index in [-0.39, 0.29) is 18.6 Å². The molecule has 0 aliphatic carbocycles. The van der Waals surface area contributed by atoms with Crippen LogP contribution in [0.5, 0.6) is 0 Å². The van der Waals surface area contributed by atoms with E-state index in [2.05, 4.69) is 5.32 Å². The van der Waals surface area contributed by atoms with E-state index in [0.717, 1.165) is 6.42 Å². The van der Waals surface area contributed by atoms with E-state index < -0.39 is 6.04 Å². The molecule has 4 N–H and O–H groups in total. The number of rotatable bonds is 6. The maximum Gasteiger partial charge on any atom is 0.237 e. The third-order valence-corrected chi connectivity index (χ3v) is 1.89. The van der Waals surface area contributed by atoms with Crippen LogP contribution in [-0.4, -0.2) is 29.7 Å². The molecule has 0 aromatic heterocycles. The summed E-state index contributed by atoms with van der Waals surface area (Å²) in [7, 11) is 0. The lowest BCUT2D eigenvalue weighted by atomic mass is 10.1. The van der Waals surface area contributed by atoms with E-state index in [9.17, 15) is 4.79 Å². The summed E-state index contributed by atoms with van der Waals surface area (Å²) in [4.78, 5) is 11.3. The van der Waals surface area contributed by atoms with Crippen LogP contribution in [0.25, 0.3) is 0 Å². The smallest absolute Gasteiger partial charge is 0.237 e. The molecule has 2 atom stereocenters. The molecule has 0 aromatic rings. The average molecular weight is 188 g/mol. The van der Waals surface area contributed by atoms with Gasteiger partial charge in [0.1, 0.15) is 0 Å². The average Bonchev–Trinajstić information content (AvgIpc) is 2.05. The Morgan fingerprint density at radius 1 is 1.54 bits per heavy atom. The summed E-state index contributed by atoms with van der Waals surface area (Å²) in [6.45, 7) is 3.93. The zero-order valence-corrected chi connectivity index (χ0v) is 8.42. The molecular weight excluding hydrogens is 168 g/mol. The second-order valence-electron chi connectivity index (χ2n) is 3.32. The Morgan fingerprint density at radius 3 is 2.62 bits per heavy atom. The lowest BCUT2D eigenvalue weighted by molar-refractivity contribution is -0.123. The van der Waals surface area contributed by atoms with Gasteiger partial charge in [0.15, 0.2) is 0 Å². The van der Waals surface area contributed by atoms with Crippen molar-refractivity contribution < 1.29 is 9.90 Å². The molecule has 1 amide bonds. The van der Waals surface area contributed by atoms with Crippen molar-refractivity contribution in [3.63, 3.8) is 0 Å². The molecule has 0 fully saturated rings. The van der Waals surface area contributed by atoms with Gasteiger partial charge in [0, 0.05) is 12.6 Å². The maximum atomic E-state index is 11.3. The van der Waals surface area contributed by atoms with Crippen LogP contribution in [-0.2, 0) is 4.79 Å². The van der Waals surface area contributed by atoms with Gasteiger partial charge in [-0.1, -0.05) is 13.3 Å². The number of carbonyl (C=O) groups excluding carboxylic acids is 1. The fraction of sp³-hybridized carbons (Fsp3) is 0.889. The number of carbonyl (C=O) groups is 1. The molecule has 0 saturated heterocycles. The standard InChI is InChI=1S/C9H20N2O2/c1-3-4-8(10)9(13)11-7(2)5-6-12/h7-8,12H,3-6,10H2,1-2H3,(H,11,13). The number of hydrogen-bond donors (Lipinski definition) is 3. The highest BCUT2D eigenvalue weighted by molar-refractivity contribution is 5.81. The molecule has 0 radical (unpaired) electrons. The van der Waals surface area contributed by atoms with Crippen molar-refractivity contribution in [1.29, 1.82) is 0 Å². The Balaban J connectivity index is 3.71. The summed E-state index contributed by atoms with van der Waals surface area (Å²) in [5.41, 5.74) is 5.60. The molecule has 13 heavy (non-hydrogen) atoms. The second kappa shape index (κ2) is 6.86. The van der Waals surface area contributed by atoms with Gasteiger partial charge in [-0.15, -0.1) is 0 Å². The SMILES string of the molecule is CCCC(N)C(=O)NC(C)CCO. The van der Waals surface area contributed by atoms with Crippen LogP contribution >= 0.6 is 0 Å². The van der Waals surface area contributed by atoms with Crippen LogP contribution in [0.4, 0.5) is 0 Å². The molecule has 78 valence electrons. The van der Waals surface area contributed by atoms with Gasteiger partial charge in [-0.2, -0.15) is 0 Å². The number of nitrogens with two attached hydrogens (primary N) is 1. The van der Waals surface area contributed by atoms with Crippen molar-refractivity contribution in [1.82, 2.24) is 5.32 Å². The van der Waals surface area contributed by atoms with Crippen molar-refractivity contribution in [2.24, 2.45) is 5.73 Å². The van der Waals surface area contributed by atoms with Crippen molar-refractivity contribution >= 4 is 5.91 Å². The molecule has 0 spiro atoms. The van der Waals surface area contributed by atoms with E-state index in [1.54, 1.807) is 0 Å². The van der Waals surface area contributed by atoms with Crippen LogP contribution in [0.1, 0.15) is 33.1 Å². The van der Waals surface area contributed by atoms with Gasteiger partial charge in [0.2, 0.25) is 5.91 Å². The fourth-order valence-corrected chi connectivity index (χ4v) is 1.06. The molecule has 0 saturated carbocycles. The van der Waals surface area contributed by atoms with Crippen molar-refractivity contribution in [2.75, 3.05) is 6.61 Å². The topological polar surface area (TPSA) is 75.4 Å². The van der Waals surface area contributed by atoms with E-state index in [1.165, 1.54) is 0 Å². The zero-order valence-electron chi connectivity index (χ0n) is 8.42. The van der Waals surface area contributed by atoms with Gasteiger partial charge in [-0.25, -0.2) is 0 Å². The van der Waals surface area contributed by atoms with Crippen molar-refractivity contribution in [3.05, 3.63) is 0 Å². The quantitative estimate of drug-likeness (QED) is 0.549. The van der Waals surface area contributed by atoms with E-state index in [4.69, 9.17) is 10.8 Å². The Bertz CT molecular complexity index is 151. The van der Waals surface area contributed by atoms with Crippen LogP contribution in [0, 0.1) is 0 Å². The fourth-order valence-electron chi connectivity index (χ4n) is 1.06.